The summed E-state index contributed by atoms with van der Waals surface area (Å²) in [5, 5.41) is 19.8. The summed E-state index contributed by atoms with van der Waals surface area (Å²) in [7, 11) is 0. The number of hydrogen-bond donors (Lipinski definition) is 1. The zero-order valence-electron chi connectivity index (χ0n) is 14.3. The first-order valence-corrected chi connectivity index (χ1v) is 8.67. The Morgan fingerprint density at radius 2 is 1.62 bits per heavy atom. The minimum Gasteiger partial charge on any atom is -0.383 e. The highest BCUT2D eigenvalue weighted by Crippen LogP contribution is 2.37. The lowest BCUT2D eigenvalue weighted by Crippen LogP contribution is -2.04. The summed E-state index contributed by atoms with van der Waals surface area (Å²) in [5.41, 5.74) is 9.41. The Morgan fingerprint density at radius 3 is 2.23 bits per heavy atom. The third kappa shape index (κ3) is 3.37. The van der Waals surface area contributed by atoms with Crippen LogP contribution in [0.2, 0.25) is 0 Å². The number of rotatable bonds is 3. The van der Waals surface area contributed by atoms with E-state index in [2.05, 4.69) is 22.1 Å². The van der Waals surface area contributed by atoms with E-state index >= 15 is 0 Å². The van der Waals surface area contributed by atoms with E-state index in [1.54, 1.807) is 6.07 Å². The van der Waals surface area contributed by atoms with Crippen molar-refractivity contribution in [2.45, 2.75) is 23.8 Å². The molecule has 3 aromatic rings. The largest absolute Gasteiger partial charge is 0.383 e. The van der Waals surface area contributed by atoms with E-state index in [4.69, 9.17) is 5.73 Å². The van der Waals surface area contributed by atoms with Crippen molar-refractivity contribution >= 4 is 17.6 Å². The van der Waals surface area contributed by atoms with E-state index in [1.165, 1.54) is 11.8 Å². The maximum Gasteiger partial charge on any atom is 0.143 e. The highest BCUT2D eigenvalue weighted by Gasteiger charge is 2.21. The van der Waals surface area contributed by atoms with Gasteiger partial charge in [-0.3, -0.25) is 4.98 Å². The van der Waals surface area contributed by atoms with Gasteiger partial charge in [0, 0.05) is 16.2 Å². The van der Waals surface area contributed by atoms with Crippen molar-refractivity contribution in [3.05, 3.63) is 64.8 Å². The van der Waals surface area contributed by atoms with Crippen LogP contribution < -0.4 is 5.73 Å². The third-order valence-electron chi connectivity index (χ3n) is 3.80. The maximum atomic E-state index is 9.78. The number of aromatic nitrogens is 2. The molecule has 0 aliphatic carbocycles. The number of nitriles is 2. The van der Waals surface area contributed by atoms with E-state index in [-0.39, 0.29) is 11.4 Å². The van der Waals surface area contributed by atoms with Crippen LogP contribution in [0.1, 0.15) is 22.4 Å². The first kappa shape index (κ1) is 17.5. The summed E-state index contributed by atoms with van der Waals surface area (Å²) in [6.45, 7) is 3.86. The monoisotopic (exact) mass is 357 g/mol. The van der Waals surface area contributed by atoms with Crippen LogP contribution in [0.3, 0.4) is 0 Å². The van der Waals surface area contributed by atoms with Crippen molar-refractivity contribution < 1.29 is 0 Å². The molecule has 1 aromatic carbocycles. The summed E-state index contributed by atoms with van der Waals surface area (Å²) in [4.78, 5) is 9.71. The maximum absolute atomic E-state index is 9.78. The SMILES string of the molecule is Cc1ccc(Sc2nc(N)c(C#N)c(-c3cccc(C)n3)c2C#N)cc1. The summed E-state index contributed by atoms with van der Waals surface area (Å²) in [5.74, 6) is 0.0967. The van der Waals surface area contributed by atoms with Gasteiger partial charge in [-0.15, -0.1) is 0 Å². The summed E-state index contributed by atoms with van der Waals surface area (Å²) in [6, 6.07) is 17.6. The molecule has 6 heteroatoms. The summed E-state index contributed by atoms with van der Waals surface area (Å²) < 4.78 is 0. The molecule has 2 heterocycles. The minimum absolute atomic E-state index is 0.0967. The molecule has 3 rings (SSSR count). The number of nitrogen functional groups attached to an aromatic ring is 1. The molecule has 0 fully saturated rings. The lowest BCUT2D eigenvalue weighted by atomic mass is 10.0. The molecule has 26 heavy (non-hydrogen) atoms. The lowest BCUT2D eigenvalue weighted by Gasteiger charge is -2.12. The lowest BCUT2D eigenvalue weighted by molar-refractivity contribution is 1.10. The fourth-order valence-electron chi connectivity index (χ4n) is 2.53. The molecule has 2 N–H and O–H groups in total. The Morgan fingerprint density at radius 1 is 0.923 bits per heavy atom. The van der Waals surface area contributed by atoms with Gasteiger partial charge in [-0.2, -0.15) is 10.5 Å². The number of hydrogen-bond acceptors (Lipinski definition) is 6. The average molecular weight is 357 g/mol. The number of pyridine rings is 2. The van der Waals surface area contributed by atoms with E-state index < -0.39 is 0 Å². The molecule has 0 atom stereocenters. The fraction of sp³-hybridized carbons (Fsp3) is 0.100. The van der Waals surface area contributed by atoms with Gasteiger partial charge in [0.15, 0.2) is 0 Å². The molecule has 2 aromatic heterocycles. The zero-order chi connectivity index (χ0) is 18.7. The Bertz CT molecular complexity index is 1060. The van der Waals surface area contributed by atoms with Gasteiger partial charge in [0.05, 0.1) is 11.3 Å². The van der Waals surface area contributed by atoms with Crippen molar-refractivity contribution in [3.63, 3.8) is 0 Å². The van der Waals surface area contributed by atoms with Crippen LogP contribution in [-0.4, -0.2) is 9.97 Å². The molecular weight excluding hydrogens is 342 g/mol. The summed E-state index contributed by atoms with van der Waals surface area (Å²) in [6.07, 6.45) is 0. The Kier molecular flexibility index (Phi) is 4.88. The van der Waals surface area contributed by atoms with Gasteiger partial charge in [0.1, 0.15) is 28.5 Å². The third-order valence-corrected chi connectivity index (χ3v) is 4.79. The zero-order valence-corrected chi connectivity index (χ0v) is 15.1. The molecule has 0 spiro atoms. The van der Waals surface area contributed by atoms with Crippen LogP contribution >= 0.6 is 11.8 Å². The molecule has 0 radical (unpaired) electrons. The second kappa shape index (κ2) is 7.26. The number of nitrogens with two attached hydrogens (primary N) is 1. The summed E-state index contributed by atoms with van der Waals surface area (Å²) >= 11 is 1.34. The van der Waals surface area contributed by atoms with Crippen LogP contribution in [-0.2, 0) is 0 Å². The first-order chi connectivity index (χ1) is 12.5. The van der Waals surface area contributed by atoms with Crippen molar-refractivity contribution in [1.82, 2.24) is 9.97 Å². The molecular formula is C20H15N5S. The van der Waals surface area contributed by atoms with Gasteiger partial charge in [-0.1, -0.05) is 35.5 Å². The number of benzene rings is 1. The second-order valence-corrected chi connectivity index (χ2v) is 6.79. The Balaban J connectivity index is 2.23. The van der Waals surface area contributed by atoms with Gasteiger partial charge in [-0.25, -0.2) is 4.98 Å². The van der Waals surface area contributed by atoms with Crippen LogP contribution in [0.4, 0.5) is 5.82 Å². The van der Waals surface area contributed by atoms with Crippen LogP contribution in [0, 0.1) is 36.5 Å². The van der Waals surface area contributed by atoms with E-state index in [9.17, 15) is 10.5 Å². The standard InChI is InChI=1S/C20H15N5S/c1-12-6-8-14(9-7-12)26-20-16(11-22)18(15(10-21)19(23)25-20)17-5-3-4-13(2)24-17/h3-9H,1-2H3,(H2,23,25). The molecule has 0 saturated heterocycles. The van der Waals surface area contributed by atoms with Gasteiger partial charge >= 0.3 is 0 Å². The average Bonchev–Trinajstić information content (AvgIpc) is 2.63. The second-order valence-electron chi connectivity index (χ2n) is 5.73. The van der Waals surface area contributed by atoms with Crippen molar-refractivity contribution in [1.29, 1.82) is 10.5 Å². The molecule has 0 bridgehead atoms. The van der Waals surface area contributed by atoms with Crippen LogP contribution in [0.25, 0.3) is 11.3 Å². The number of nitrogens with zero attached hydrogens (tertiary/aromatic N) is 4. The highest BCUT2D eigenvalue weighted by atomic mass is 32.2. The molecule has 0 amide bonds. The number of aryl methyl sites for hydroxylation is 2. The topological polar surface area (TPSA) is 99.4 Å². The van der Waals surface area contributed by atoms with Gasteiger partial charge < -0.3 is 5.73 Å². The van der Waals surface area contributed by atoms with E-state index in [1.807, 2.05) is 50.2 Å². The normalized spacial score (nSPS) is 10.2. The molecule has 0 saturated carbocycles. The van der Waals surface area contributed by atoms with Crippen molar-refractivity contribution in [2.75, 3.05) is 5.73 Å². The van der Waals surface area contributed by atoms with E-state index in [0.717, 1.165) is 16.2 Å². The Hall–Kier alpha value is -3.35. The van der Waals surface area contributed by atoms with Gasteiger partial charge in [-0.05, 0) is 38.1 Å². The highest BCUT2D eigenvalue weighted by molar-refractivity contribution is 7.99. The van der Waals surface area contributed by atoms with Crippen LogP contribution in [0.15, 0.2) is 52.4 Å². The quantitative estimate of drug-likeness (QED) is 0.752. The van der Waals surface area contributed by atoms with Crippen molar-refractivity contribution in [2.24, 2.45) is 0 Å². The van der Waals surface area contributed by atoms with E-state index in [0.29, 0.717) is 21.8 Å². The van der Waals surface area contributed by atoms with Gasteiger partial charge in [0.25, 0.3) is 0 Å². The predicted octanol–water partition coefficient (Wildman–Crippen LogP) is 4.24. The molecule has 0 aliphatic rings. The Labute approximate surface area is 156 Å². The first-order valence-electron chi connectivity index (χ1n) is 7.85. The molecule has 126 valence electrons. The minimum atomic E-state index is 0.0967. The molecule has 0 unspecified atom stereocenters. The smallest absolute Gasteiger partial charge is 0.143 e. The van der Waals surface area contributed by atoms with Crippen molar-refractivity contribution in [3.8, 4) is 23.4 Å². The van der Waals surface area contributed by atoms with Gasteiger partial charge in [0.2, 0.25) is 0 Å². The molecule has 0 aliphatic heterocycles. The predicted molar refractivity (Wildman–Crippen MR) is 101 cm³/mol. The van der Waals surface area contributed by atoms with Crippen LogP contribution in [0.5, 0.6) is 0 Å². The number of anilines is 1. The fourth-order valence-corrected chi connectivity index (χ4v) is 3.42. The molecule has 5 nitrogen and oxygen atoms in total.